The van der Waals surface area contributed by atoms with Crippen LogP contribution in [-0.2, 0) is 22.6 Å². The van der Waals surface area contributed by atoms with Crippen molar-refractivity contribution in [1.29, 1.82) is 0 Å². The molecule has 1 amide bonds. The minimum absolute atomic E-state index is 0.0606. The van der Waals surface area contributed by atoms with Crippen molar-refractivity contribution in [3.8, 4) is 11.1 Å². The van der Waals surface area contributed by atoms with E-state index in [1.54, 1.807) is 42.5 Å². The molecule has 2 unspecified atom stereocenters. The zero-order valence-electron chi connectivity index (χ0n) is 22.2. The van der Waals surface area contributed by atoms with Crippen LogP contribution in [0.2, 0.25) is 0 Å². The summed E-state index contributed by atoms with van der Waals surface area (Å²) in [5.74, 6) is -0.515. The van der Waals surface area contributed by atoms with E-state index in [0.717, 1.165) is 39.7 Å². The fourth-order valence-corrected chi connectivity index (χ4v) is 5.86. The summed E-state index contributed by atoms with van der Waals surface area (Å²) in [4.78, 5) is 29.2. The summed E-state index contributed by atoms with van der Waals surface area (Å²) in [5, 5.41) is 12.6. The number of nitrogens with one attached hydrogen (secondary N) is 1. The van der Waals surface area contributed by atoms with Crippen molar-refractivity contribution in [2.24, 2.45) is 4.99 Å². The maximum absolute atomic E-state index is 13.2. The smallest absolute Gasteiger partial charge is 0.371 e. The van der Waals surface area contributed by atoms with Crippen LogP contribution in [0, 0.1) is 0 Å². The molecule has 41 heavy (non-hydrogen) atoms. The van der Waals surface area contributed by atoms with Crippen LogP contribution in [0.4, 0.5) is 11.5 Å². The molecule has 0 saturated heterocycles. The van der Waals surface area contributed by atoms with Crippen molar-refractivity contribution in [2.75, 3.05) is 9.62 Å². The number of fused-ring (bicyclic) bond motifs is 1. The highest BCUT2D eigenvalue weighted by molar-refractivity contribution is 7.81. The minimum Gasteiger partial charge on any atom is -0.475 e. The van der Waals surface area contributed by atoms with E-state index in [0.29, 0.717) is 29.3 Å². The third kappa shape index (κ3) is 5.19. The fraction of sp³-hybridized carbons (Fsp3) is 0.194. The lowest BCUT2D eigenvalue weighted by Crippen LogP contribution is -2.32. The number of aromatic nitrogens is 1. The average Bonchev–Trinajstić information content (AvgIpc) is 3.76. The van der Waals surface area contributed by atoms with Gasteiger partial charge in [0.15, 0.2) is 0 Å². The molecule has 1 aromatic heterocycles. The van der Waals surface area contributed by atoms with E-state index in [1.165, 1.54) is 5.69 Å². The summed E-state index contributed by atoms with van der Waals surface area (Å²) in [6, 6.07) is 25.1. The summed E-state index contributed by atoms with van der Waals surface area (Å²) < 4.78 is 25.6. The zero-order chi connectivity index (χ0) is 28.7. The first-order valence-corrected chi connectivity index (χ1v) is 14.4. The molecule has 2 atom stereocenters. The van der Waals surface area contributed by atoms with E-state index in [1.807, 2.05) is 43.3 Å². The minimum atomic E-state index is -2.59. The molecule has 0 spiro atoms. The van der Waals surface area contributed by atoms with Crippen molar-refractivity contribution in [1.82, 2.24) is 4.57 Å². The summed E-state index contributed by atoms with van der Waals surface area (Å²) in [6.45, 7) is 2.44. The Labute approximate surface area is 239 Å². The molecule has 3 N–H and O–H groups in total. The maximum atomic E-state index is 13.2. The molecule has 4 aromatic rings. The molecule has 2 heterocycles. The number of amidine groups is 1. The average molecular weight is 569 g/mol. The molecule has 2 aliphatic rings. The molecule has 1 aliphatic carbocycles. The molecule has 0 bridgehead atoms. The van der Waals surface area contributed by atoms with Crippen LogP contribution in [0.3, 0.4) is 0 Å². The van der Waals surface area contributed by atoms with Crippen molar-refractivity contribution >= 4 is 40.5 Å². The number of hydrogen-bond donors (Lipinski definition) is 3. The highest BCUT2D eigenvalue weighted by Crippen LogP contribution is 2.45. The quantitative estimate of drug-likeness (QED) is 0.230. The zero-order valence-corrected chi connectivity index (χ0v) is 23.0. The molecule has 208 valence electrons. The Morgan fingerprint density at radius 3 is 2.37 bits per heavy atom. The molecular formula is C31H28N4O5S. The lowest BCUT2D eigenvalue weighted by Gasteiger charge is -2.22. The van der Waals surface area contributed by atoms with Gasteiger partial charge in [0.2, 0.25) is 5.84 Å². The molecule has 6 rings (SSSR count). The first-order valence-electron chi connectivity index (χ1n) is 13.3. The Hall–Kier alpha value is -4.54. The predicted molar refractivity (Wildman–Crippen MR) is 159 cm³/mol. The van der Waals surface area contributed by atoms with Gasteiger partial charge < -0.3 is 15.0 Å². The number of rotatable bonds is 8. The lowest BCUT2D eigenvalue weighted by molar-refractivity contribution is -0.129. The Balaban J connectivity index is 1.32. The van der Waals surface area contributed by atoms with Crippen molar-refractivity contribution in [3.63, 3.8) is 0 Å². The number of aliphatic imine (C=N–C) groups is 1. The fourth-order valence-electron chi connectivity index (χ4n) is 5.28. The van der Waals surface area contributed by atoms with Gasteiger partial charge in [-0.25, -0.2) is 13.3 Å². The second-order valence-corrected chi connectivity index (χ2v) is 11.1. The largest absolute Gasteiger partial charge is 0.475 e. The van der Waals surface area contributed by atoms with Crippen molar-refractivity contribution < 1.29 is 23.5 Å². The molecule has 1 aliphatic heterocycles. The van der Waals surface area contributed by atoms with Crippen LogP contribution < -0.4 is 9.62 Å². The molecule has 0 radical (unpaired) electrons. The van der Waals surface area contributed by atoms with Gasteiger partial charge in [-0.3, -0.25) is 14.3 Å². The topological polar surface area (TPSA) is 124 Å². The van der Waals surface area contributed by atoms with Gasteiger partial charge in [-0.2, -0.15) is 0 Å². The summed E-state index contributed by atoms with van der Waals surface area (Å²) in [7, 11) is 0. The van der Waals surface area contributed by atoms with Crippen LogP contribution in [0.15, 0.2) is 89.9 Å². The number of amides is 1. The van der Waals surface area contributed by atoms with Crippen LogP contribution >= 0.6 is 0 Å². The molecule has 3 aromatic carbocycles. The van der Waals surface area contributed by atoms with E-state index in [2.05, 4.69) is 20.9 Å². The number of carbonyl (C=O) groups is 2. The predicted octanol–water partition coefficient (Wildman–Crippen LogP) is 5.83. The number of hydrogen-bond acceptors (Lipinski definition) is 5. The number of para-hydroxylation sites is 1. The van der Waals surface area contributed by atoms with Gasteiger partial charge in [0.25, 0.3) is 17.2 Å². The number of aliphatic carboxylic acids is 1. The first kappa shape index (κ1) is 26.7. The number of carboxylic acid groups (broad SMARTS) is 1. The van der Waals surface area contributed by atoms with E-state index < -0.39 is 23.1 Å². The van der Waals surface area contributed by atoms with E-state index in [-0.39, 0.29) is 11.9 Å². The summed E-state index contributed by atoms with van der Waals surface area (Å²) in [5.41, 5.74) is 5.21. The van der Waals surface area contributed by atoms with Crippen LogP contribution in [0.5, 0.6) is 0 Å². The highest BCUT2D eigenvalue weighted by atomic mass is 32.2. The van der Waals surface area contributed by atoms with Gasteiger partial charge in [0, 0.05) is 28.9 Å². The summed E-state index contributed by atoms with van der Waals surface area (Å²) >= 11 is -2.59. The maximum Gasteiger partial charge on any atom is 0.371 e. The standard InChI is InChI=1S/C31H28N4O5S/c1-19-25-17-27(22-15-16-22)34(29(25)33-28(32-19)31(37)38)18-20-11-13-21(14-12-20)24-9-5-6-10-26(24)35(41(39)40)30(36)23-7-3-2-4-8-23/h2-14,17,19,22H,15-16,18H2,1H3,(H,32,33)(H,37,38)(H,39,40). The normalized spacial score (nSPS) is 16.7. The second-order valence-electron chi connectivity index (χ2n) is 10.2. The Morgan fingerprint density at radius 2 is 1.71 bits per heavy atom. The Bertz CT molecular complexity index is 1690. The lowest BCUT2D eigenvalue weighted by atomic mass is 10.0. The van der Waals surface area contributed by atoms with Gasteiger partial charge in [-0.15, -0.1) is 0 Å². The van der Waals surface area contributed by atoms with Crippen molar-refractivity contribution in [2.45, 2.75) is 38.3 Å². The van der Waals surface area contributed by atoms with Gasteiger partial charge in [0.1, 0.15) is 5.82 Å². The highest BCUT2D eigenvalue weighted by Gasteiger charge is 2.33. The van der Waals surface area contributed by atoms with Crippen LogP contribution in [0.1, 0.15) is 58.9 Å². The van der Waals surface area contributed by atoms with Gasteiger partial charge >= 0.3 is 5.97 Å². The van der Waals surface area contributed by atoms with Crippen molar-refractivity contribution in [3.05, 3.63) is 107 Å². The number of benzene rings is 3. The van der Waals surface area contributed by atoms with E-state index >= 15 is 0 Å². The molecule has 10 heteroatoms. The van der Waals surface area contributed by atoms with Crippen LogP contribution in [-0.4, -0.2) is 36.1 Å². The molecule has 1 fully saturated rings. The SMILES string of the molecule is CC1N=C(C(=O)O)Nc2c1cc(C1CC1)n2Cc1ccc(-c2ccccc2N(C(=O)c2ccccc2)S(=O)O)cc1. The number of anilines is 2. The van der Waals surface area contributed by atoms with Crippen LogP contribution in [0.25, 0.3) is 11.1 Å². The molecule has 9 nitrogen and oxygen atoms in total. The third-order valence-corrected chi connectivity index (χ3v) is 8.13. The number of nitrogens with zero attached hydrogens (tertiary/aromatic N) is 3. The number of carboxylic acids is 1. The second kappa shape index (κ2) is 10.8. The molecular weight excluding hydrogens is 540 g/mol. The summed E-state index contributed by atoms with van der Waals surface area (Å²) in [6.07, 6.45) is 2.20. The molecule has 1 saturated carbocycles. The van der Waals surface area contributed by atoms with Gasteiger partial charge in [0.05, 0.1) is 11.7 Å². The Kier molecular flexibility index (Phi) is 7.02. The monoisotopic (exact) mass is 568 g/mol. The number of carbonyl (C=O) groups excluding carboxylic acids is 1. The van der Waals surface area contributed by atoms with E-state index in [4.69, 9.17) is 0 Å². The third-order valence-electron chi connectivity index (χ3n) is 7.46. The van der Waals surface area contributed by atoms with Gasteiger partial charge in [-0.05, 0) is 61.1 Å². The first-order chi connectivity index (χ1) is 19.8. The van der Waals surface area contributed by atoms with Gasteiger partial charge in [-0.1, -0.05) is 60.7 Å². The van der Waals surface area contributed by atoms with E-state index in [9.17, 15) is 23.5 Å². The Morgan fingerprint density at radius 1 is 1.02 bits per heavy atom.